The lowest BCUT2D eigenvalue weighted by Crippen LogP contribution is -2.14. The van der Waals surface area contributed by atoms with Gasteiger partial charge in [0.25, 0.3) is 0 Å². The third kappa shape index (κ3) is 2.60. The van der Waals surface area contributed by atoms with E-state index in [1.807, 2.05) is 0 Å². The lowest BCUT2D eigenvalue weighted by Gasteiger charge is -2.09. The first-order chi connectivity index (χ1) is 10.8. The minimum absolute atomic E-state index is 0.265. The molecule has 0 aliphatic heterocycles. The van der Waals surface area contributed by atoms with Crippen LogP contribution in [0.2, 0.25) is 0 Å². The van der Waals surface area contributed by atoms with Crippen LogP contribution in [-0.4, -0.2) is 0 Å². The van der Waals surface area contributed by atoms with Gasteiger partial charge in [0.15, 0.2) is 0 Å². The summed E-state index contributed by atoms with van der Waals surface area (Å²) in [5.41, 5.74) is 4.22. The minimum atomic E-state index is -0.265. The molecule has 0 spiro atoms. The maximum atomic E-state index is 11.8. The molecule has 0 saturated carbocycles. The SMILES string of the molecule is O=c1cc(CNCc2cccs2)c2cc3c(cc2o1)CCC3. The van der Waals surface area contributed by atoms with Crippen LogP contribution >= 0.6 is 11.3 Å². The molecule has 1 aliphatic rings. The molecule has 0 fully saturated rings. The number of nitrogens with one attached hydrogen (secondary N) is 1. The van der Waals surface area contributed by atoms with Crippen molar-refractivity contribution >= 4 is 22.3 Å². The number of benzene rings is 1. The fourth-order valence-corrected chi connectivity index (χ4v) is 3.85. The van der Waals surface area contributed by atoms with Crippen LogP contribution in [0.25, 0.3) is 11.0 Å². The zero-order valence-electron chi connectivity index (χ0n) is 12.2. The third-order valence-electron chi connectivity index (χ3n) is 4.24. The van der Waals surface area contributed by atoms with Crippen LogP contribution in [0, 0.1) is 0 Å². The van der Waals surface area contributed by atoms with E-state index < -0.39 is 0 Å². The first-order valence-corrected chi connectivity index (χ1v) is 8.49. The Labute approximate surface area is 132 Å². The largest absolute Gasteiger partial charge is 0.423 e. The summed E-state index contributed by atoms with van der Waals surface area (Å²) >= 11 is 1.74. The Hall–Kier alpha value is -1.91. The molecule has 2 heterocycles. The molecule has 3 nitrogen and oxygen atoms in total. The average Bonchev–Trinajstić information content (AvgIpc) is 3.15. The third-order valence-corrected chi connectivity index (χ3v) is 5.11. The van der Waals surface area contributed by atoms with Crippen LogP contribution in [0.5, 0.6) is 0 Å². The van der Waals surface area contributed by atoms with Gasteiger partial charge >= 0.3 is 5.63 Å². The topological polar surface area (TPSA) is 42.2 Å². The van der Waals surface area contributed by atoms with E-state index in [1.165, 1.54) is 22.4 Å². The molecule has 0 atom stereocenters. The maximum Gasteiger partial charge on any atom is 0.336 e. The highest BCUT2D eigenvalue weighted by Gasteiger charge is 2.15. The maximum absolute atomic E-state index is 11.8. The van der Waals surface area contributed by atoms with Crippen LogP contribution in [-0.2, 0) is 25.9 Å². The second-order valence-electron chi connectivity index (χ2n) is 5.74. The Morgan fingerprint density at radius 2 is 2.00 bits per heavy atom. The fraction of sp³-hybridized carbons (Fsp3) is 0.278. The highest BCUT2D eigenvalue weighted by atomic mass is 32.1. The van der Waals surface area contributed by atoms with Crippen molar-refractivity contribution in [3.8, 4) is 0 Å². The molecule has 1 aliphatic carbocycles. The van der Waals surface area contributed by atoms with Gasteiger partial charge in [-0.3, -0.25) is 0 Å². The minimum Gasteiger partial charge on any atom is -0.423 e. The molecule has 4 rings (SSSR count). The standard InChI is InChI=1S/C18H17NO2S/c20-18-9-14(10-19-11-15-5-2-6-22-15)16-7-12-3-1-4-13(12)8-17(16)21-18/h2,5-9,19H,1,3-4,10-11H2. The van der Waals surface area contributed by atoms with E-state index in [0.717, 1.165) is 35.9 Å². The van der Waals surface area contributed by atoms with Gasteiger partial charge in [0.1, 0.15) is 5.58 Å². The molecule has 3 aromatic rings. The zero-order chi connectivity index (χ0) is 14.9. The average molecular weight is 311 g/mol. The van der Waals surface area contributed by atoms with Gasteiger partial charge in [0.2, 0.25) is 0 Å². The van der Waals surface area contributed by atoms with E-state index >= 15 is 0 Å². The molecule has 0 bridgehead atoms. The van der Waals surface area contributed by atoms with E-state index in [4.69, 9.17) is 4.42 Å². The molecule has 0 amide bonds. The van der Waals surface area contributed by atoms with Gasteiger partial charge < -0.3 is 9.73 Å². The number of fused-ring (bicyclic) bond motifs is 2. The summed E-state index contributed by atoms with van der Waals surface area (Å²) < 4.78 is 5.40. The highest BCUT2D eigenvalue weighted by Crippen LogP contribution is 2.28. The molecule has 0 saturated heterocycles. The normalized spacial score (nSPS) is 13.6. The molecule has 2 aromatic heterocycles. The number of thiophene rings is 1. The molecule has 1 aromatic carbocycles. The van der Waals surface area contributed by atoms with Crippen molar-refractivity contribution in [1.29, 1.82) is 0 Å². The summed E-state index contributed by atoms with van der Waals surface area (Å²) in [5.74, 6) is 0. The molecule has 112 valence electrons. The van der Waals surface area contributed by atoms with Crippen LogP contribution in [0.3, 0.4) is 0 Å². The Balaban J connectivity index is 1.65. The summed E-state index contributed by atoms with van der Waals surface area (Å²) in [6, 6.07) is 10.1. The van der Waals surface area contributed by atoms with Gasteiger partial charge in [0.05, 0.1) is 0 Å². The lowest BCUT2D eigenvalue weighted by atomic mass is 10.0. The summed E-state index contributed by atoms with van der Waals surface area (Å²) in [6.45, 7) is 1.50. The monoisotopic (exact) mass is 311 g/mol. The van der Waals surface area contributed by atoms with Crippen LogP contribution in [0.4, 0.5) is 0 Å². The Kier molecular flexibility index (Phi) is 3.56. The number of aryl methyl sites for hydroxylation is 2. The van der Waals surface area contributed by atoms with Crippen LogP contribution in [0.15, 0.2) is 44.9 Å². The van der Waals surface area contributed by atoms with E-state index in [2.05, 4.69) is 35.0 Å². The van der Waals surface area contributed by atoms with Gasteiger partial charge in [-0.2, -0.15) is 0 Å². The quantitative estimate of drug-likeness (QED) is 0.748. The van der Waals surface area contributed by atoms with E-state index in [-0.39, 0.29) is 5.63 Å². The van der Waals surface area contributed by atoms with Crippen molar-refractivity contribution in [3.05, 3.63) is 67.7 Å². The van der Waals surface area contributed by atoms with Crippen molar-refractivity contribution in [2.75, 3.05) is 0 Å². The first kappa shape index (κ1) is 13.7. The highest BCUT2D eigenvalue weighted by molar-refractivity contribution is 7.09. The Bertz CT molecular complexity index is 865. The van der Waals surface area contributed by atoms with Crippen LogP contribution in [0.1, 0.15) is 28.0 Å². The smallest absolute Gasteiger partial charge is 0.336 e. The molecule has 0 radical (unpaired) electrons. The fourth-order valence-electron chi connectivity index (χ4n) is 3.17. The number of hydrogen-bond acceptors (Lipinski definition) is 4. The van der Waals surface area contributed by atoms with Crippen molar-refractivity contribution in [2.45, 2.75) is 32.4 Å². The van der Waals surface area contributed by atoms with Crippen molar-refractivity contribution in [3.63, 3.8) is 0 Å². The molecule has 22 heavy (non-hydrogen) atoms. The molecule has 1 N–H and O–H groups in total. The van der Waals surface area contributed by atoms with Gasteiger partial charge in [-0.15, -0.1) is 11.3 Å². The number of hydrogen-bond donors (Lipinski definition) is 1. The Morgan fingerprint density at radius 1 is 1.14 bits per heavy atom. The summed E-state index contributed by atoms with van der Waals surface area (Å²) in [4.78, 5) is 13.1. The number of rotatable bonds is 4. The Morgan fingerprint density at radius 3 is 2.82 bits per heavy atom. The molecule has 4 heteroatoms. The summed E-state index contributed by atoms with van der Waals surface area (Å²) in [7, 11) is 0. The second-order valence-corrected chi connectivity index (χ2v) is 6.78. The van der Waals surface area contributed by atoms with Crippen molar-refractivity contribution < 1.29 is 4.42 Å². The van der Waals surface area contributed by atoms with Crippen molar-refractivity contribution in [2.24, 2.45) is 0 Å². The summed E-state index contributed by atoms with van der Waals surface area (Å²) in [5, 5.41) is 6.57. The van der Waals surface area contributed by atoms with Crippen LogP contribution < -0.4 is 10.9 Å². The predicted molar refractivity (Wildman–Crippen MR) is 89.4 cm³/mol. The summed E-state index contributed by atoms with van der Waals surface area (Å²) in [6.07, 6.45) is 3.42. The molecule has 0 unspecified atom stereocenters. The van der Waals surface area contributed by atoms with Gasteiger partial charge in [-0.1, -0.05) is 6.07 Å². The lowest BCUT2D eigenvalue weighted by molar-refractivity contribution is 0.556. The van der Waals surface area contributed by atoms with Gasteiger partial charge in [-0.25, -0.2) is 4.79 Å². The first-order valence-electron chi connectivity index (χ1n) is 7.61. The predicted octanol–water partition coefficient (Wildman–Crippen LogP) is 3.63. The van der Waals surface area contributed by atoms with E-state index in [9.17, 15) is 4.79 Å². The van der Waals surface area contributed by atoms with Crippen molar-refractivity contribution in [1.82, 2.24) is 5.32 Å². The molecular weight excluding hydrogens is 294 g/mol. The van der Waals surface area contributed by atoms with E-state index in [0.29, 0.717) is 6.54 Å². The van der Waals surface area contributed by atoms with E-state index in [1.54, 1.807) is 17.4 Å². The molecular formula is C18H17NO2S. The van der Waals surface area contributed by atoms with Gasteiger partial charge in [0, 0.05) is 29.4 Å². The zero-order valence-corrected chi connectivity index (χ0v) is 13.0. The second kappa shape index (κ2) is 5.71. The van der Waals surface area contributed by atoms with Gasteiger partial charge in [-0.05, 0) is 59.5 Å².